The Hall–Kier alpha value is -2.77. The molecule has 4 rings (SSSR count). The Balaban J connectivity index is 1.38. The van der Waals surface area contributed by atoms with E-state index in [9.17, 15) is 9.18 Å². The van der Waals surface area contributed by atoms with Crippen LogP contribution >= 0.6 is 11.3 Å². The third-order valence-electron chi connectivity index (χ3n) is 4.87. The number of carbonyl (C=O) groups excluding carboxylic acids is 1. The molecule has 1 aliphatic rings. The SMILES string of the molecule is C[C@H]1COCCN1c1ccc(NC(=O)c2cnc(Cc3ccc(F)cc3)s2)cc1. The summed E-state index contributed by atoms with van der Waals surface area (Å²) in [7, 11) is 0. The minimum Gasteiger partial charge on any atom is -0.377 e. The molecule has 0 bridgehead atoms. The first-order valence-electron chi connectivity index (χ1n) is 9.53. The number of halogens is 1. The van der Waals surface area contributed by atoms with Crippen LogP contribution in [0.25, 0.3) is 0 Å². The van der Waals surface area contributed by atoms with Crippen molar-refractivity contribution in [1.29, 1.82) is 0 Å². The maximum Gasteiger partial charge on any atom is 0.267 e. The van der Waals surface area contributed by atoms with E-state index in [4.69, 9.17) is 4.74 Å². The van der Waals surface area contributed by atoms with E-state index in [0.717, 1.165) is 41.7 Å². The molecule has 1 N–H and O–H groups in total. The molecule has 1 saturated heterocycles. The van der Waals surface area contributed by atoms with Gasteiger partial charge in [-0.05, 0) is 48.9 Å². The Kier molecular flexibility index (Phi) is 5.87. The highest BCUT2D eigenvalue weighted by atomic mass is 32.1. The standard InChI is InChI=1S/C22H22FN3O2S/c1-15-14-28-11-10-26(15)19-8-6-18(7-9-19)25-22(27)20-13-24-21(29-20)12-16-2-4-17(23)5-3-16/h2-9,13,15H,10-12,14H2,1H3,(H,25,27)/t15-/m0/s1. The van der Waals surface area contributed by atoms with E-state index in [0.29, 0.717) is 17.3 Å². The van der Waals surface area contributed by atoms with Crippen LogP contribution in [0.4, 0.5) is 15.8 Å². The molecule has 1 atom stereocenters. The number of nitrogens with zero attached hydrogens (tertiary/aromatic N) is 2. The molecule has 0 spiro atoms. The van der Waals surface area contributed by atoms with Crippen molar-refractivity contribution in [2.45, 2.75) is 19.4 Å². The normalized spacial score (nSPS) is 16.6. The molecule has 0 aliphatic carbocycles. The number of hydrogen-bond acceptors (Lipinski definition) is 5. The quantitative estimate of drug-likeness (QED) is 0.678. The summed E-state index contributed by atoms with van der Waals surface area (Å²) in [6, 6.07) is 14.5. The van der Waals surface area contributed by atoms with Crippen molar-refractivity contribution in [3.05, 3.63) is 76.0 Å². The van der Waals surface area contributed by atoms with Crippen LogP contribution in [-0.2, 0) is 11.2 Å². The molecule has 2 heterocycles. The third kappa shape index (κ3) is 4.81. The Morgan fingerprint density at radius 2 is 2.00 bits per heavy atom. The topological polar surface area (TPSA) is 54.5 Å². The highest BCUT2D eigenvalue weighted by molar-refractivity contribution is 7.13. The molecule has 0 unspecified atom stereocenters. The zero-order chi connectivity index (χ0) is 20.2. The number of anilines is 2. The number of nitrogens with one attached hydrogen (secondary N) is 1. The van der Waals surface area contributed by atoms with Crippen molar-refractivity contribution in [3.8, 4) is 0 Å². The lowest BCUT2D eigenvalue weighted by Crippen LogP contribution is -2.43. The number of aromatic nitrogens is 1. The molecule has 1 aliphatic heterocycles. The minimum atomic E-state index is -0.262. The molecule has 1 amide bonds. The van der Waals surface area contributed by atoms with Crippen molar-refractivity contribution < 1.29 is 13.9 Å². The van der Waals surface area contributed by atoms with Crippen LogP contribution in [0.15, 0.2) is 54.7 Å². The lowest BCUT2D eigenvalue weighted by Gasteiger charge is -2.35. The first-order chi connectivity index (χ1) is 14.1. The van der Waals surface area contributed by atoms with E-state index >= 15 is 0 Å². The van der Waals surface area contributed by atoms with Crippen LogP contribution < -0.4 is 10.2 Å². The third-order valence-corrected chi connectivity index (χ3v) is 5.87. The Morgan fingerprint density at radius 3 is 2.72 bits per heavy atom. The number of amides is 1. The first kappa shape index (κ1) is 19.5. The van der Waals surface area contributed by atoms with Crippen LogP contribution in [0.1, 0.15) is 27.2 Å². The van der Waals surface area contributed by atoms with E-state index < -0.39 is 0 Å². The van der Waals surface area contributed by atoms with Crippen LogP contribution in [0.5, 0.6) is 0 Å². The average Bonchev–Trinajstić information content (AvgIpc) is 3.20. The molecule has 1 fully saturated rings. The summed E-state index contributed by atoms with van der Waals surface area (Å²) in [5.74, 6) is -0.442. The predicted octanol–water partition coefficient (Wildman–Crippen LogP) is 4.35. The van der Waals surface area contributed by atoms with Gasteiger partial charge in [0.2, 0.25) is 0 Å². The fourth-order valence-electron chi connectivity index (χ4n) is 3.31. The number of thiazole rings is 1. The lowest BCUT2D eigenvalue weighted by molar-refractivity contribution is 0.0989. The maximum atomic E-state index is 13.0. The Bertz CT molecular complexity index is 972. The Morgan fingerprint density at radius 1 is 1.24 bits per heavy atom. The van der Waals surface area contributed by atoms with Gasteiger partial charge in [-0.15, -0.1) is 11.3 Å². The van der Waals surface area contributed by atoms with Crippen molar-refractivity contribution in [3.63, 3.8) is 0 Å². The zero-order valence-electron chi connectivity index (χ0n) is 16.1. The van der Waals surface area contributed by atoms with Crippen molar-refractivity contribution in [1.82, 2.24) is 4.98 Å². The molecule has 1 aromatic heterocycles. The van der Waals surface area contributed by atoms with E-state index in [-0.39, 0.29) is 11.7 Å². The van der Waals surface area contributed by atoms with Gasteiger partial charge in [0, 0.05) is 30.4 Å². The number of hydrogen-bond donors (Lipinski definition) is 1. The van der Waals surface area contributed by atoms with E-state index in [1.165, 1.54) is 23.5 Å². The molecule has 0 radical (unpaired) electrons. The minimum absolute atomic E-state index is 0.180. The molecule has 3 aromatic rings. The van der Waals surface area contributed by atoms with Gasteiger partial charge < -0.3 is 15.0 Å². The van der Waals surface area contributed by atoms with Gasteiger partial charge in [0.05, 0.1) is 24.4 Å². The number of morpholine rings is 1. The molecule has 7 heteroatoms. The van der Waals surface area contributed by atoms with Crippen LogP contribution in [-0.4, -0.2) is 36.7 Å². The van der Waals surface area contributed by atoms with Crippen LogP contribution in [0, 0.1) is 5.82 Å². The largest absolute Gasteiger partial charge is 0.377 e. The van der Waals surface area contributed by atoms with Gasteiger partial charge in [0.15, 0.2) is 0 Å². The highest BCUT2D eigenvalue weighted by Crippen LogP contribution is 2.23. The van der Waals surface area contributed by atoms with E-state index in [1.54, 1.807) is 18.3 Å². The fourth-order valence-corrected chi connectivity index (χ4v) is 4.16. The van der Waals surface area contributed by atoms with Gasteiger partial charge >= 0.3 is 0 Å². The average molecular weight is 412 g/mol. The van der Waals surface area contributed by atoms with E-state index in [2.05, 4.69) is 22.1 Å². The number of rotatable bonds is 5. The van der Waals surface area contributed by atoms with Gasteiger partial charge in [-0.2, -0.15) is 0 Å². The molecule has 2 aromatic carbocycles. The summed E-state index contributed by atoms with van der Waals surface area (Å²) in [5, 5.41) is 3.74. The van der Waals surface area contributed by atoms with Crippen LogP contribution in [0.2, 0.25) is 0 Å². The second-order valence-electron chi connectivity index (χ2n) is 7.04. The molecular formula is C22H22FN3O2S. The maximum absolute atomic E-state index is 13.0. The fraction of sp³-hybridized carbons (Fsp3) is 0.273. The number of benzene rings is 2. The molecule has 5 nitrogen and oxygen atoms in total. The Labute approximate surface area is 173 Å². The lowest BCUT2D eigenvalue weighted by atomic mass is 10.2. The number of ether oxygens (including phenoxy) is 1. The van der Waals surface area contributed by atoms with Gasteiger partial charge in [0.1, 0.15) is 10.7 Å². The molecule has 0 saturated carbocycles. The summed E-state index contributed by atoms with van der Waals surface area (Å²) >= 11 is 1.35. The second kappa shape index (κ2) is 8.71. The predicted molar refractivity (Wildman–Crippen MR) is 113 cm³/mol. The van der Waals surface area contributed by atoms with Crippen molar-refractivity contribution in [2.75, 3.05) is 30.0 Å². The first-order valence-corrected chi connectivity index (χ1v) is 10.3. The van der Waals surface area contributed by atoms with Crippen LogP contribution in [0.3, 0.4) is 0 Å². The highest BCUT2D eigenvalue weighted by Gasteiger charge is 2.19. The zero-order valence-corrected chi connectivity index (χ0v) is 16.9. The summed E-state index contributed by atoms with van der Waals surface area (Å²) < 4.78 is 18.5. The monoisotopic (exact) mass is 411 g/mol. The van der Waals surface area contributed by atoms with Crippen molar-refractivity contribution >= 4 is 28.6 Å². The summed E-state index contributed by atoms with van der Waals surface area (Å²) in [4.78, 5) is 19.7. The van der Waals surface area contributed by atoms with Gasteiger partial charge in [-0.1, -0.05) is 12.1 Å². The van der Waals surface area contributed by atoms with Gasteiger partial charge in [0.25, 0.3) is 5.91 Å². The molecular weight excluding hydrogens is 389 g/mol. The molecule has 150 valence electrons. The summed E-state index contributed by atoms with van der Waals surface area (Å²) in [5.41, 5.74) is 2.83. The smallest absolute Gasteiger partial charge is 0.267 e. The number of carbonyl (C=O) groups is 1. The molecule has 29 heavy (non-hydrogen) atoms. The summed E-state index contributed by atoms with van der Waals surface area (Å²) in [6.45, 7) is 4.46. The van der Waals surface area contributed by atoms with Crippen molar-refractivity contribution in [2.24, 2.45) is 0 Å². The van der Waals surface area contributed by atoms with E-state index in [1.807, 2.05) is 24.3 Å². The van der Waals surface area contributed by atoms with Gasteiger partial charge in [-0.3, -0.25) is 4.79 Å². The summed E-state index contributed by atoms with van der Waals surface area (Å²) in [6.07, 6.45) is 2.16. The second-order valence-corrected chi connectivity index (χ2v) is 8.16. The van der Waals surface area contributed by atoms with Gasteiger partial charge in [-0.25, -0.2) is 9.37 Å².